The van der Waals surface area contributed by atoms with E-state index in [-0.39, 0.29) is 17.2 Å². The Morgan fingerprint density at radius 1 is 1.03 bits per heavy atom. The lowest BCUT2D eigenvalue weighted by Crippen LogP contribution is -2.27. The van der Waals surface area contributed by atoms with Gasteiger partial charge in [-0.15, -0.1) is 21.5 Å². The number of thiophene rings is 1. The molecule has 0 spiro atoms. The van der Waals surface area contributed by atoms with Gasteiger partial charge in [-0.2, -0.15) is 0 Å². The van der Waals surface area contributed by atoms with Gasteiger partial charge >= 0.3 is 0 Å². The summed E-state index contributed by atoms with van der Waals surface area (Å²) in [5, 5.41) is 14.1. The SMILES string of the molecule is Cc1c(NC(=O)[C@H](C)Sc2nnc(Cc3cccs3)n2CCc2ccccc2)c(=O)n(-c2ccccc2)n1C. The zero-order valence-corrected chi connectivity index (χ0v) is 23.7. The third-order valence-corrected chi connectivity index (χ3v) is 8.58. The van der Waals surface area contributed by atoms with Crippen molar-refractivity contribution in [1.82, 2.24) is 24.1 Å². The standard InChI is InChI=1S/C29H30N6O2S2/c1-20-26(28(37)35(33(20)3)23-13-8-5-9-14-23)30-27(36)21(2)39-29-32-31-25(19-24-15-10-18-38-24)34(29)17-16-22-11-6-4-7-12-22/h4-15,18,21H,16-17,19H2,1-3H3,(H,30,36)/t21-/m0/s1. The van der Waals surface area contributed by atoms with Crippen LogP contribution in [-0.4, -0.2) is 35.3 Å². The molecular weight excluding hydrogens is 528 g/mol. The van der Waals surface area contributed by atoms with Crippen LogP contribution >= 0.6 is 23.1 Å². The number of nitrogens with one attached hydrogen (secondary N) is 1. The van der Waals surface area contributed by atoms with E-state index in [1.54, 1.807) is 20.7 Å². The van der Waals surface area contributed by atoms with E-state index >= 15 is 0 Å². The summed E-state index contributed by atoms with van der Waals surface area (Å²) in [7, 11) is 1.81. The van der Waals surface area contributed by atoms with Crippen LogP contribution in [0.3, 0.4) is 0 Å². The number of para-hydroxylation sites is 1. The number of amides is 1. The molecule has 2 aromatic carbocycles. The summed E-state index contributed by atoms with van der Waals surface area (Å²) in [6.07, 6.45) is 1.51. The van der Waals surface area contributed by atoms with Crippen LogP contribution in [0, 0.1) is 6.92 Å². The first-order valence-electron chi connectivity index (χ1n) is 12.7. The molecule has 5 rings (SSSR count). The average Bonchev–Trinajstić information content (AvgIpc) is 3.65. The van der Waals surface area contributed by atoms with Crippen molar-refractivity contribution >= 4 is 34.7 Å². The predicted octanol–water partition coefficient (Wildman–Crippen LogP) is 5.09. The molecule has 1 N–H and O–H groups in total. The number of hydrogen-bond acceptors (Lipinski definition) is 6. The largest absolute Gasteiger partial charge is 0.319 e. The summed E-state index contributed by atoms with van der Waals surface area (Å²) in [6, 6.07) is 23.8. The molecule has 8 nitrogen and oxygen atoms in total. The van der Waals surface area contributed by atoms with Crippen LogP contribution < -0.4 is 10.9 Å². The van der Waals surface area contributed by atoms with Gasteiger partial charge in [-0.05, 0) is 49.4 Å². The number of thioether (sulfide) groups is 1. The molecule has 200 valence electrons. The van der Waals surface area contributed by atoms with Crippen LogP contribution in [0.5, 0.6) is 0 Å². The van der Waals surface area contributed by atoms with Crippen LogP contribution in [0.15, 0.2) is 88.1 Å². The number of anilines is 1. The fourth-order valence-corrected chi connectivity index (χ4v) is 5.96. The molecule has 1 amide bonds. The fourth-order valence-electron chi connectivity index (χ4n) is 4.36. The third-order valence-electron chi connectivity index (χ3n) is 6.63. The number of carbonyl (C=O) groups is 1. The van der Waals surface area contributed by atoms with E-state index in [4.69, 9.17) is 0 Å². The normalized spacial score (nSPS) is 12.0. The van der Waals surface area contributed by atoms with Crippen LogP contribution in [-0.2, 0) is 31.2 Å². The van der Waals surface area contributed by atoms with Gasteiger partial charge in [-0.1, -0.05) is 66.4 Å². The van der Waals surface area contributed by atoms with Crippen LogP contribution in [0.1, 0.15) is 28.9 Å². The van der Waals surface area contributed by atoms with Crippen LogP contribution in [0.25, 0.3) is 5.69 Å². The van der Waals surface area contributed by atoms with Crippen molar-refractivity contribution in [3.8, 4) is 5.69 Å². The van der Waals surface area contributed by atoms with Crippen LogP contribution in [0.4, 0.5) is 5.69 Å². The first-order chi connectivity index (χ1) is 18.9. The van der Waals surface area contributed by atoms with Gasteiger partial charge in [0.15, 0.2) is 5.16 Å². The minimum atomic E-state index is -0.497. The number of rotatable bonds is 10. The molecule has 3 aromatic heterocycles. The quantitative estimate of drug-likeness (QED) is 0.241. The highest BCUT2D eigenvalue weighted by Gasteiger charge is 2.24. The molecule has 0 saturated carbocycles. The number of aromatic nitrogens is 5. The number of carbonyl (C=O) groups excluding carboxylic acids is 1. The second-order valence-electron chi connectivity index (χ2n) is 9.23. The van der Waals surface area contributed by atoms with E-state index in [0.29, 0.717) is 23.8 Å². The van der Waals surface area contributed by atoms with Gasteiger partial charge < -0.3 is 9.88 Å². The van der Waals surface area contributed by atoms with Crippen molar-refractivity contribution < 1.29 is 4.79 Å². The number of aryl methyl sites for hydroxylation is 1. The minimum Gasteiger partial charge on any atom is -0.319 e. The summed E-state index contributed by atoms with van der Waals surface area (Å²) < 4.78 is 5.42. The van der Waals surface area contributed by atoms with Gasteiger partial charge in [-0.25, -0.2) is 4.68 Å². The molecule has 0 unspecified atom stereocenters. The van der Waals surface area contributed by atoms with E-state index in [1.807, 2.05) is 75.5 Å². The maximum absolute atomic E-state index is 13.3. The Bertz CT molecular complexity index is 1600. The third kappa shape index (κ3) is 5.91. The van der Waals surface area contributed by atoms with Crippen molar-refractivity contribution in [3.63, 3.8) is 0 Å². The molecule has 39 heavy (non-hydrogen) atoms. The lowest BCUT2D eigenvalue weighted by Gasteiger charge is -2.13. The van der Waals surface area contributed by atoms with Crippen molar-refractivity contribution in [2.24, 2.45) is 7.05 Å². The molecule has 0 aliphatic rings. The minimum absolute atomic E-state index is 0.261. The Labute approximate surface area is 235 Å². The Balaban J connectivity index is 1.35. The highest BCUT2D eigenvalue weighted by molar-refractivity contribution is 8.00. The fraction of sp³-hybridized carbons (Fsp3) is 0.241. The van der Waals surface area contributed by atoms with E-state index in [2.05, 4.69) is 43.7 Å². The molecule has 0 fully saturated rings. The first-order valence-corrected chi connectivity index (χ1v) is 14.5. The van der Waals surface area contributed by atoms with Gasteiger partial charge in [0.25, 0.3) is 5.56 Å². The topological polar surface area (TPSA) is 86.7 Å². The number of nitrogens with zero attached hydrogens (tertiary/aromatic N) is 5. The second-order valence-corrected chi connectivity index (χ2v) is 11.6. The Hall–Kier alpha value is -3.89. The summed E-state index contributed by atoms with van der Waals surface area (Å²) in [6.45, 7) is 4.35. The molecule has 0 radical (unpaired) electrons. The number of benzene rings is 2. The van der Waals surface area contributed by atoms with Gasteiger partial charge in [0.05, 0.1) is 16.6 Å². The summed E-state index contributed by atoms with van der Waals surface area (Å²) >= 11 is 3.04. The lowest BCUT2D eigenvalue weighted by molar-refractivity contribution is -0.115. The molecule has 5 aromatic rings. The monoisotopic (exact) mass is 558 g/mol. The predicted molar refractivity (Wildman–Crippen MR) is 157 cm³/mol. The van der Waals surface area contributed by atoms with E-state index < -0.39 is 5.25 Å². The summed E-state index contributed by atoms with van der Waals surface area (Å²) in [5.41, 5.74) is 2.66. The summed E-state index contributed by atoms with van der Waals surface area (Å²) in [4.78, 5) is 27.7. The lowest BCUT2D eigenvalue weighted by atomic mass is 10.1. The number of hydrogen-bond donors (Lipinski definition) is 1. The summed E-state index contributed by atoms with van der Waals surface area (Å²) in [5.74, 6) is 0.608. The Morgan fingerprint density at radius 2 is 1.74 bits per heavy atom. The maximum Gasteiger partial charge on any atom is 0.295 e. The van der Waals surface area contributed by atoms with Gasteiger partial charge in [0.1, 0.15) is 11.5 Å². The Morgan fingerprint density at radius 3 is 2.44 bits per heavy atom. The highest BCUT2D eigenvalue weighted by Crippen LogP contribution is 2.26. The highest BCUT2D eigenvalue weighted by atomic mass is 32.2. The van der Waals surface area contributed by atoms with Gasteiger partial charge in [-0.3, -0.25) is 14.3 Å². The van der Waals surface area contributed by atoms with Crippen molar-refractivity contribution in [3.05, 3.63) is 110 Å². The van der Waals surface area contributed by atoms with Gasteiger partial charge in [0, 0.05) is 24.9 Å². The zero-order valence-electron chi connectivity index (χ0n) is 22.1. The molecule has 0 bridgehead atoms. The molecule has 0 saturated heterocycles. The molecule has 10 heteroatoms. The molecule has 3 heterocycles. The van der Waals surface area contributed by atoms with Crippen molar-refractivity contribution in [2.75, 3.05) is 5.32 Å². The van der Waals surface area contributed by atoms with Crippen molar-refractivity contribution in [2.45, 2.75) is 43.6 Å². The first kappa shape index (κ1) is 26.7. The van der Waals surface area contributed by atoms with Crippen LogP contribution in [0.2, 0.25) is 0 Å². The average molecular weight is 559 g/mol. The van der Waals surface area contributed by atoms with Gasteiger partial charge in [0.2, 0.25) is 5.91 Å². The van der Waals surface area contributed by atoms with E-state index in [0.717, 1.165) is 17.9 Å². The molecule has 1 atom stereocenters. The van der Waals surface area contributed by atoms with E-state index in [9.17, 15) is 9.59 Å². The zero-order chi connectivity index (χ0) is 27.4. The molecular formula is C29H30N6O2S2. The smallest absolute Gasteiger partial charge is 0.295 e. The van der Waals surface area contributed by atoms with Crippen molar-refractivity contribution in [1.29, 1.82) is 0 Å². The van der Waals surface area contributed by atoms with E-state index in [1.165, 1.54) is 22.2 Å². The maximum atomic E-state index is 13.3. The molecule has 0 aliphatic heterocycles. The molecule has 0 aliphatic carbocycles. The Kier molecular flexibility index (Phi) is 8.13. The second kappa shape index (κ2) is 11.9.